The average Bonchev–Trinajstić information content (AvgIpc) is 2.29. The van der Waals surface area contributed by atoms with Crippen LogP contribution in [0, 0.1) is 5.92 Å². The van der Waals surface area contributed by atoms with E-state index < -0.39 is 5.97 Å². The largest absolute Gasteiger partial charge is 0.481 e. The first kappa shape index (κ1) is 14.8. The Labute approximate surface area is 107 Å². The maximum absolute atomic E-state index is 11.5. The maximum Gasteiger partial charge on any atom is 0.409 e. The van der Waals surface area contributed by atoms with E-state index in [1.54, 1.807) is 4.90 Å². The predicted octanol–water partition coefficient (Wildman–Crippen LogP) is 0.871. The monoisotopic (exact) mass is 258 g/mol. The van der Waals surface area contributed by atoms with Crippen molar-refractivity contribution in [2.24, 2.45) is 5.92 Å². The predicted molar refractivity (Wildman–Crippen MR) is 66.5 cm³/mol. The van der Waals surface area contributed by atoms with Crippen LogP contribution < -0.4 is 0 Å². The van der Waals surface area contributed by atoms with Gasteiger partial charge in [-0.1, -0.05) is 0 Å². The van der Waals surface area contributed by atoms with Crippen molar-refractivity contribution < 1.29 is 19.4 Å². The molecule has 6 heteroatoms. The zero-order chi connectivity index (χ0) is 13.5. The third-order valence-corrected chi connectivity index (χ3v) is 2.98. The van der Waals surface area contributed by atoms with Gasteiger partial charge in [0, 0.05) is 25.4 Å². The standard InChI is InChI=1S/C12H22N2O4/c1-13(2)6-3-7-14-8-10(4-5-11(15)16)9-18-12(14)17/h10H,3-9H2,1-2H3,(H,15,16). The van der Waals surface area contributed by atoms with Crippen LogP contribution in [0.2, 0.25) is 0 Å². The number of carboxylic acid groups (broad SMARTS) is 1. The number of hydrogen-bond donors (Lipinski definition) is 1. The van der Waals surface area contributed by atoms with Crippen molar-refractivity contribution in [3.63, 3.8) is 0 Å². The first-order valence-electron chi connectivity index (χ1n) is 6.27. The van der Waals surface area contributed by atoms with E-state index in [-0.39, 0.29) is 18.4 Å². The number of cyclic esters (lactones) is 1. The number of carboxylic acids is 1. The summed E-state index contributed by atoms with van der Waals surface area (Å²) >= 11 is 0. The van der Waals surface area contributed by atoms with E-state index in [1.165, 1.54) is 0 Å². The van der Waals surface area contributed by atoms with E-state index in [0.717, 1.165) is 13.0 Å². The lowest BCUT2D eigenvalue weighted by Gasteiger charge is -2.32. The van der Waals surface area contributed by atoms with E-state index in [9.17, 15) is 9.59 Å². The van der Waals surface area contributed by atoms with Crippen LogP contribution in [0.25, 0.3) is 0 Å². The van der Waals surface area contributed by atoms with Gasteiger partial charge in [-0.2, -0.15) is 0 Å². The van der Waals surface area contributed by atoms with Gasteiger partial charge in [-0.25, -0.2) is 4.79 Å². The maximum atomic E-state index is 11.5. The summed E-state index contributed by atoms with van der Waals surface area (Å²) in [5.41, 5.74) is 0. The van der Waals surface area contributed by atoms with Gasteiger partial charge in [0.2, 0.25) is 0 Å². The molecule has 1 unspecified atom stereocenters. The van der Waals surface area contributed by atoms with Gasteiger partial charge in [-0.15, -0.1) is 0 Å². The Hall–Kier alpha value is -1.30. The van der Waals surface area contributed by atoms with Crippen LogP contribution >= 0.6 is 0 Å². The quantitative estimate of drug-likeness (QED) is 0.733. The summed E-state index contributed by atoms with van der Waals surface area (Å²) in [6.07, 6.45) is 1.31. The molecule has 18 heavy (non-hydrogen) atoms. The smallest absolute Gasteiger partial charge is 0.409 e. The molecule has 0 radical (unpaired) electrons. The molecule has 6 nitrogen and oxygen atoms in total. The number of nitrogens with zero attached hydrogens (tertiary/aromatic N) is 2. The molecule has 1 heterocycles. The van der Waals surface area contributed by atoms with E-state index >= 15 is 0 Å². The molecule has 1 N–H and O–H groups in total. The summed E-state index contributed by atoms with van der Waals surface area (Å²) in [6, 6.07) is 0. The molecule has 0 saturated carbocycles. The molecular formula is C12H22N2O4. The summed E-state index contributed by atoms with van der Waals surface area (Å²) in [5, 5.41) is 8.64. The molecule has 1 atom stereocenters. The number of hydrogen-bond acceptors (Lipinski definition) is 4. The molecule has 1 aliphatic rings. The summed E-state index contributed by atoms with van der Waals surface area (Å²) in [4.78, 5) is 25.8. The second-order valence-corrected chi connectivity index (χ2v) is 4.98. The first-order chi connectivity index (χ1) is 8.49. The second-order valence-electron chi connectivity index (χ2n) is 4.98. The van der Waals surface area contributed by atoms with Crippen LogP contribution in [0.1, 0.15) is 19.3 Å². The topological polar surface area (TPSA) is 70.1 Å². The first-order valence-corrected chi connectivity index (χ1v) is 6.27. The molecule has 0 aliphatic carbocycles. The lowest BCUT2D eigenvalue weighted by Crippen LogP contribution is -2.44. The zero-order valence-corrected chi connectivity index (χ0v) is 11.1. The Morgan fingerprint density at radius 3 is 2.89 bits per heavy atom. The van der Waals surface area contributed by atoms with Crippen LogP contribution in [-0.4, -0.2) is 67.3 Å². The van der Waals surface area contributed by atoms with Gasteiger partial charge < -0.3 is 19.6 Å². The summed E-state index contributed by atoms with van der Waals surface area (Å²) in [6.45, 7) is 2.54. The SMILES string of the molecule is CN(C)CCCN1CC(CCC(=O)O)COC1=O. The number of rotatable bonds is 7. The fourth-order valence-electron chi connectivity index (χ4n) is 1.98. The van der Waals surface area contributed by atoms with E-state index in [2.05, 4.69) is 4.90 Å². The van der Waals surface area contributed by atoms with Crippen LogP contribution in [0.5, 0.6) is 0 Å². The van der Waals surface area contributed by atoms with E-state index in [1.807, 2.05) is 14.1 Å². The normalized spacial score (nSPS) is 20.1. The van der Waals surface area contributed by atoms with Crippen LogP contribution in [0.15, 0.2) is 0 Å². The van der Waals surface area contributed by atoms with Crippen LogP contribution in [-0.2, 0) is 9.53 Å². The lowest BCUT2D eigenvalue weighted by atomic mass is 10.0. The highest BCUT2D eigenvalue weighted by Crippen LogP contribution is 2.16. The van der Waals surface area contributed by atoms with Gasteiger partial charge in [-0.3, -0.25) is 4.79 Å². The Balaban J connectivity index is 2.31. The fourth-order valence-corrected chi connectivity index (χ4v) is 1.98. The van der Waals surface area contributed by atoms with Gasteiger partial charge in [-0.05, 0) is 33.5 Å². The van der Waals surface area contributed by atoms with Crippen molar-refractivity contribution in [3.05, 3.63) is 0 Å². The minimum Gasteiger partial charge on any atom is -0.481 e. The fraction of sp³-hybridized carbons (Fsp3) is 0.833. The Kier molecular flexibility index (Phi) is 5.91. The average molecular weight is 258 g/mol. The van der Waals surface area contributed by atoms with Gasteiger partial charge in [0.25, 0.3) is 0 Å². The van der Waals surface area contributed by atoms with E-state index in [0.29, 0.717) is 26.1 Å². The minimum atomic E-state index is -0.800. The summed E-state index contributed by atoms with van der Waals surface area (Å²) in [5.74, 6) is -0.663. The third kappa shape index (κ3) is 5.35. The number of carbonyl (C=O) groups excluding carboxylic acids is 1. The number of aliphatic carboxylic acids is 1. The lowest BCUT2D eigenvalue weighted by molar-refractivity contribution is -0.137. The highest BCUT2D eigenvalue weighted by molar-refractivity contribution is 5.68. The molecule has 104 valence electrons. The minimum absolute atomic E-state index is 0.133. The molecule has 1 rings (SSSR count). The highest BCUT2D eigenvalue weighted by atomic mass is 16.6. The van der Waals surface area contributed by atoms with Gasteiger partial charge in [0.1, 0.15) is 0 Å². The van der Waals surface area contributed by atoms with Crippen molar-refractivity contribution in [1.82, 2.24) is 9.80 Å². The van der Waals surface area contributed by atoms with E-state index in [4.69, 9.17) is 9.84 Å². The molecule has 0 aromatic rings. The number of ether oxygens (including phenoxy) is 1. The van der Waals surface area contributed by atoms with Crippen LogP contribution in [0.4, 0.5) is 4.79 Å². The second kappa shape index (κ2) is 7.20. The Morgan fingerprint density at radius 2 is 2.28 bits per heavy atom. The molecule has 0 spiro atoms. The van der Waals surface area contributed by atoms with Crippen molar-refractivity contribution in [2.45, 2.75) is 19.3 Å². The van der Waals surface area contributed by atoms with Gasteiger partial charge >= 0.3 is 12.1 Å². The molecule has 1 amide bonds. The van der Waals surface area contributed by atoms with Crippen molar-refractivity contribution in [3.8, 4) is 0 Å². The Bertz CT molecular complexity index is 294. The molecule has 1 fully saturated rings. The molecular weight excluding hydrogens is 236 g/mol. The third-order valence-electron chi connectivity index (χ3n) is 2.98. The Morgan fingerprint density at radius 1 is 1.56 bits per heavy atom. The summed E-state index contributed by atoms with van der Waals surface area (Å²) in [7, 11) is 3.98. The zero-order valence-electron chi connectivity index (χ0n) is 11.1. The van der Waals surface area contributed by atoms with Crippen molar-refractivity contribution in [2.75, 3.05) is 40.3 Å². The van der Waals surface area contributed by atoms with Crippen molar-refractivity contribution >= 4 is 12.1 Å². The van der Waals surface area contributed by atoms with Crippen LogP contribution in [0.3, 0.4) is 0 Å². The van der Waals surface area contributed by atoms with Crippen molar-refractivity contribution in [1.29, 1.82) is 0 Å². The molecule has 0 aromatic heterocycles. The van der Waals surface area contributed by atoms with Gasteiger partial charge in [0.05, 0.1) is 6.61 Å². The van der Waals surface area contributed by atoms with Gasteiger partial charge in [0.15, 0.2) is 0 Å². The molecule has 0 bridgehead atoms. The molecule has 1 saturated heterocycles. The molecule has 1 aliphatic heterocycles. The number of carbonyl (C=O) groups is 2. The number of amides is 1. The summed E-state index contributed by atoms with van der Waals surface area (Å²) < 4.78 is 5.07. The highest BCUT2D eigenvalue weighted by Gasteiger charge is 2.26. The molecule has 0 aromatic carbocycles.